The highest BCUT2D eigenvalue weighted by molar-refractivity contribution is 6.00. The zero-order valence-electron chi connectivity index (χ0n) is 18.5. The van der Waals surface area contributed by atoms with Gasteiger partial charge in [-0.05, 0) is 38.2 Å². The highest BCUT2D eigenvalue weighted by Gasteiger charge is 2.35. The number of aryl methyl sites for hydroxylation is 1. The van der Waals surface area contributed by atoms with E-state index in [-0.39, 0.29) is 36.5 Å². The van der Waals surface area contributed by atoms with E-state index >= 15 is 0 Å². The van der Waals surface area contributed by atoms with Crippen molar-refractivity contribution >= 4 is 17.6 Å². The fourth-order valence-electron chi connectivity index (χ4n) is 5.33. The third-order valence-corrected chi connectivity index (χ3v) is 7.22. The highest BCUT2D eigenvalue weighted by Crippen LogP contribution is 2.35. The van der Waals surface area contributed by atoms with Gasteiger partial charge in [0.15, 0.2) is 0 Å². The molecule has 1 saturated carbocycles. The molecular formula is C25H29FN4O2. The maximum atomic E-state index is 14.2. The van der Waals surface area contributed by atoms with Gasteiger partial charge in [-0.2, -0.15) is 0 Å². The Labute approximate surface area is 187 Å². The Kier molecular flexibility index (Phi) is 5.66. The summed E-state index contributed by atoms with van der Waals surface area (Å²) in [4.78, 5) is 38.5. The first kappa shape index (κ1) is 21.0. The van der Waals surface area contributed by atoms with E-state index < -0.39 is 0 Å². The average molecular weight is 437 g/mol. The Morgan fingerprint density at radius 1 is 1.16 bits per heavy atom. The molecule has 0 bridgehead atoms. The van der Waals surface area contributed by atoms with Crippen LogP contribution in [0.2, 0.25) is 0 Å². The summed E-state index contributed by atoms with van der Waals surface area (Å²) >= 11 is 0. The van der Waals surface area contributed by atoms with E-state index in [9.17, 15) is 14.0 Å². The molecule has 0 spiro atoms. The number of rotatable bonds is 5. The summed E-state index contributed by atoms with van der Waals surface area (Å²) in [7, 11) is 0. The number of halogens is 1. The number of aromatic nitrogens is 2. The first-order valence-electron chi connectivity index (χ1n) is 11.7. The van der Waals surface area contributed by atoms with Crippen molar-refractivity contribution in [2.24, 2.45) is 5.92 Å². The summed E-state index contributed by atoms with van der Waals surface area (Å²) < 4.78 is 14.2. The Morgan fingerprint density at radius 3 is 2.72 bits per heavy atom. The SMILES string of the molecule is Cc1nc(C2CCN(C(=O)CC3CCCC3)C2)nc2c1CC(=O)N2Cc1ccccc1F. The summed E-state index contributed by atoms with van der Waals surface area (Å²) in [6, 6.07) is 6.51. The van der Waals surface area contributed by atoms with Crippen LogP contribution in [0.4, 0.5) is 10.2 Å². The van der Waals surface area contributed by atoms with Gasteiger partial charge in [-0.1, -0.05) is 31.0 Å². The first-order valence-corrected chi connectivity index (χ1v) is 11.7. The maximum Gasteiger partial charge on any atom is 0.233 e. The second kappa shape index (κ2) is 8.60. The molecule has 7 heteroatoms. The summed E-state index contributed by atoms with van der Waals surface area (Å²) in [5, 5.41) is 0. The normalized spacial score (nSPS) is 20.9. The van der Waals surface area contributed by atoms with E-state index in [1.807, 2.05) is 11.8 Å². The number of fused-ring (bicyclic) bond motifs is 1. The van der Waals surface area contributed by atoms with Gasteiger partial charge in [-0.25, -0.2) is 14.4 Å². The van der Waals surface area contributed by atoms with Crippen molar-refractivity contribution < 1.29 is 14.0 Å². The van der Waals surface area contributed by atoms with Gasteiger partial charge in [0.25, 0.3) is 0 Å². The van der Waals surface area contributed by atoms with Gasteiger partial charge in [0.2, 0.25) is 11.8 Å². The summed E-state index contributed by atoms with van der Waals surface area (Å²) in [5.41, 5.74) is 2.09. The van der Waals surface area contributed by atoms with E-state index in [4.69, 9.17) is 9.97 Å². The van der Waals surface area contributed by atoms with Gasteiger partial charge < -0.3 is 4.90 Å². The summed E-state index contributed by atoms with van der Waals surface area (Å²) in [6.45, 7) is 3.42. The molecule has 168 valence electrons. The number of hydrogen-bond acceptors (Lipinski definition) is 4. The molecule has 32 heavy (non-hydrogen) atoms. The van der Waals surface area contributed by atoms with Crippen molar-refractivity contribution in [3.8, 4) is 0 Å². The van der Waals surface area contributed by atoms with Crippen LogP contribution in [0.1, 0.15) is 67.1 Å². The molecule has 5 rings (SSSR count). The van der Waals surface area contributed by atoms with Crippen molar-refractivity contribution in [1.29, 1.82) is 0 Å². The fourth-order valence-corrected chi connectivity index (χ4v) is 5.33. The van der Waals surface area contributed by atoms with Gasteiger partial charge in [-0.3, -0.25) is 14.5 Å². The van der Waals surface area contributed by atoms with Crippen LogP contribution in [0.3, 0.4) is 0 Å². The van der Waals surface area contributed by atoms with Crippen LogP contribution in [0, 0.1) is 18.7 Å². The predicted octanol–water partition coefficient (Wildman–Crippen LogP) is 3.91. The molecular weight excluding hydrogens is 407 g/mol. The number of amides is 2. The lowest BCUT2D eigenvalue weighted by atomic mass is 10.0. The number of nitrogens with zero attached hydrogens (tertiary/aromatic N) is 4. The van der Waals surface area contributed by atoms with Crippen LogP contribution < -0.4 is 4.90 Å². The van der Waals surface area contributed by atoms with Gasteiger partial charge in [0, 0.05) is 42.2 Å². The molecule has 6 nitrogen and oxygen atoms in total. The largest absolute Gasteiger partial charge is 0.342 e. The zero-order valence-corrected chi connectivity index (χ0v) is 18.5. The quantitative estimate of drug-likeness (QED) is 0.713. The lowest BCUT2D eigenvalue weighted by Gasteiger charge is -2.20. The van der Waals surface area contributed by atoms with Gasteiger partial charge in [-0.15, -0.1) is 0 Å². The number of anilines is 1. The van der Waals surface area contributed by atoms with Crippen molar-refractivity contribution in [2.45, 2.75) is 64.3 Å². The number of benzene rings is 1. The standard InChI is InChI=1S/C25H29FN4O2/c1-16-20-13-23(32)30(15-18-8-4-5-9-21(18)26)25(20)28-24(27-16)19-10-11-29(14-19)22(31)12-17-6-2-3-7-17/h4-5,8-9,17,19H,2-3,6-7,10-15H2,1H3. The lowest BCUT2D eigenvalue weighted by molar-refractivity contribution is -0.131. The van der Waals surface area contributed by atoms with E-state index in [1.54, 1.807) is 23.1 Å². The number of hydrogen-bond donors (Lipinski definition) is 0. The monoisotopic (exact) mass is 436 g/mol. The van der Waals surface area contributed by atoms with E-state index in [0.717, 1.165) is 24.2 Å². The van der Waals surface area contributed by atoms with Crippen LogP contribution in [0.25, 0.3) is 0 Å². The number of carbonyl (C=O) groups excluding carboxylic acids is 2. The van der Waals surface area contributed by atoms with E-state index in [1.165, 1.54) is 31.7 Å². The number of likely N-dealkylation sites (tertiary alicyclic amines) is 1. The van der Waals surface area contributed by atoms with Crippen LogP contribution >= 0.6 is 0 Å². The summed E-state index contributed by atoms with van der Waals surface area (Å²) in [5.74, 6) is 1.72. The molecule has 2 aliphatic heterocycles. The van der Waals surface area contributed by atoms with Crippen molar-refractivity contribution in [2.75, 3.05) is 18.0 Å². The third-order valence-electron chi connectivity index (χ3n) is 7.22. The van der Waals surface area contributed by atoms with Gasteiger partial charge >= 0.3 is 0 Å². The molecule has 1 aromatic heterocycles. The molecule has 1 saturated heterocycles. The second-order valence-electron chi connectivity index (χ2n) is 9.40. The van der Waals surface area contributed by atoms with Crippen LogP contribution in [-0.4, -0.2) is 39.8 Å². The van der Waals surface area contributed by atoms with Crippen LogP contribution in [0.15, 0.2) is 24.3 Å². The Balaban J connectivity index is 1.34. The molecule has 2 aromatic rings. The molecule has 2 fully saturated rings. The molecule has 1 aliphatic carbocycles. The first-order chi connectivity index (χ1) is 15.5. The second-order valence-corrected chi connectivity index (χ2v) is 9.40. The van der Waals surface area contributed by atoms with E-state index in [0.29, 0.717) is 36.1 Å². The molecule has 0 N–H and O–H groups in total. The van der Waals surface area contributed by atoms with Crippen LogP contribution in [-0.2, 0) is 22.6 Å². The Morgan fingerprint density at radius 2 is 1.94 bits per heavy atom. The van der Waals surface area contributed by atoms with Gasteiger partial charge in [0.05, 0.1) is 13.0 Å². The molecule has 1 atom stereocenters. The third kappa shape index (κ3) is 4.00. The highest BCUT2D eigenvalue weighted by atomic mass is 19.1. The minimum Gasteiger partial charge on any atom is -0.342 e. The summed E-state index contributed by atoms with van der Waals surface area (Å²) in [6.07, 6.45) is 6.55. The van der Waals surface area contributed by atoms with Crippen molar-refractivity contribution in [1.82, 2.24) is 14.9 Å². The molecule has 1 aromatic carbocycles. The Hall–Kier alpha value is -2.83. The smallest absolute Gasteiger partial charge is 0.233 e. The Bertz CT molecular complexity index is 1050. The molecule has 0 radical (unpaired) electrons. The fraction of sp³-hybridized carbons (Fsp3) is 0.520. The minimum atomic E-state index is -0.327. The molecule has 3 aliphatic rings. The maximum absolute atomic E-state index is 14.2. The lowest BCUT2D eigenvalue weighted by Crippen LogP contribution is -2.30. The van der Waals surface area contributed by atoms with Crippen molar-refractivity contribution in [3.63, 3.8) is 0 Å². The topological polar surface area (TPSA) is 66.4 Å². The van der Waals surface area contributed by atoms with Gasteiger partial charge in [0.1, 0.15) is 17.5 Å². The number of carbonyl (C=O) groups is 2. The van der Waals surface area contributed by atoms with Crippen molar-refractivity contribution in [3.05, 3.63) is 52.7 Å². The van der Waals surface area contributed by atoms with E-state index in [2.05, 4.69) is 0 Å². The molecule has 2 amide bonds. The molecule has 3 heterocycles. The molecule has 1 unspecified atom stereocenters. The minimum absolute atomic E-state index is 0.0672. The average Bonchev–Trinajstić information content (AvgIpc) is 3.51. The predicted molar refractivity (Wildman–Crippen MR) is 119 cm³/mol. The van der Waals surface area contributed by atoms with Crippen LogP contribution in [0.5, 0.6) is 0 Å². The zero-order chi connectivity index (χ0) is 22.2.